The molecule has 1 amide bonds. The Morgan fingerprint density at radius 1 is 1.77 bits per heavy atom. The van der Waals surface area contributed by atoms with Crippen LogP contribution in [0.1, 0.15) is 0 Å². The molecular formula is C8H8ClNOS2. The fraction of sp³-hybridized carbons (Fsp3) is 0.125. The average Bonchev–Trinajstić information content (AvgIpc) is 2.48. The van der Waals surface area contributed by atoms with Gasteiger partial charge >= 0.3 is 0 Å². The predicted octanol–water partition coefficient (Wildman–Crippen LogP) is 3.22. The van der Waals surface area contributed by atoms with Crippen LogP contribution in [0.2, 0.25) is 4.34 Å². The van der Waals surface area contributed by atoms with E-state index in [1.165, 1.54) is 29.2 Å². The minimum Gasteiger partial charge on any atom is -0.322 e. The molecule has 5 heteroatoms. The number of nitrogens with one attached hydrogen (secondary N) is 1. The summed E-state index contributed by atoms with van der Waals surface area (Å²) in [5, 5.41) is 6.21. The van der Waals surface area contributed by atoms with Crippen molar-refractivity contribution in [2.75, 3.05) is 11.6 Å². The fourth-order valence-electron chi connectivity index (χ4n) is 0.689. The van der Waals surface area contributed by atoms with Crippen molar-refractivity contribution in [1.82, 2.24) is 0 Å². The van der Waals surface area contributed by atoms with E-state index in [0.717, 1.165) is 5.69 Å². The third-order valence-corrected chi connectivity index (χ3v) is 2.69. The van der Waals surface area contributed by atoms with Gasteiger partial charge in [-0.05, 0) is 17.7 Å². The van der Waals surface area contributed by atoms with Gasteiger partial charge in [-0.25, -0.2) is 0 Å². The molecule has 0 saturated carbocycles. The zero-order valence-electron chi connectivity index (χ0n) is 6.91. The molecule has 1 aromatic rings. The van der Waals surface area contributed by atoms with Crippen LogP contribution in [0.3, 0.4) is 0 Å². The number of halogens is 1. The first-order valence-corrected chi connectivity index (χ1v) is 6.01. The topological polar surface area (TPSA) is 29.1 Å². The number of anilines is 1. The van der Waals surface area contributed by atoms with E-state index in [9.17, 15) is 4.79 Å². The molecule has 0 saturated heterocycles. The Morgan fingerprint density at radius 2 is 2.54 bits per heavy atom. The molecule has 0 fully saturated rings. The Balaban J connectivity index is 2.50. The second-order valence-corrected chi connectivity index (χ2v) is 4.45. The lowest BCUT2D eigenvalue weighted by Crippen LogP contribution is -2.06. The van der Waals surface area contributed by atoms with Crippen molar-refractivity contribution >= 4 is 46.3 Å². The van der Waals surface area contributed by atoms with Crippen LogP contribution >= 0.6 is 34.7 Å². The summed E-state index contributed by atoms with van der Waals surface area (Å²) in [6.07, 6.45) is 3.38. The van der Waals surface area contributed by atoms with Crippen molar-refractivity contribution in [3.8, 4) is 0 Å². The summed E-state index contributed by atoms with van der Waals surface area (Å²) in [4.78, 5) is 11.1. The summed E-state index contributed by atoms with van der Waals surface area (Å²) in [6, 6.07) is 1.72. The van der Waals surface area contributed by atoms with E-state index in [0.29, 0.717) is 4.34 Å². The van der Waals surface area contributed by atoms with Crippen LogP contribution in [0.4, 0.5) is 5.69 Å². The molecule has 0 aliphatic rings. The third-order valence-electron chi connectivity index (χ3n) is 1.19. The molecule has 0 unspecified atom stereocenters. The summed E-state index contributed by atoms with van der Waals surface area (Å²) in [7, 11) is 0. The number of thiophene rings is 1. The van der Waals surface area contributed by atoms with Gasteiger partial charge in [0, 0.05) is 11.5 Å². The maximum absolute atomic E-state index is 11.1. The lowest BCUT2D eigenvalue weighted by molar-refractivity contribution is -0.111. The van der Waals surface area contributed by atoms with Crippen LogP contribution in [-0.4, -0.2) is 12.2 Å². The normalized spacial score (nSPS) is 10.6. The first kappa shape index (κ1) is 10.6. The van der Waals surface area contributed by atoms with Gasteiger partial charge in [-0.2, -0.15) is 0 Å². The SMILES string of the molecule is CS/C=C/C(=O)Nc1csc(Cl)c1. The summed E-state index contributed by atoms with van der Waals surface area (Å²) in [5.41, 5.74) is 0.741. The van der Waals surface area contributed by atoms with Crippen molar-refractivity contribution in [3.05, 3.63) is 27.3 Å². The van der Waals surface area contributed by atoms with Crippen molar-refractivity contribution in [2.45, 2.75) is 0 Å². The van der Waals surface area contributed by atoms with Gasteiger partial charge in [0.05, 0.1) is 10.0 Å². The smallest absolute Gasteiger partial charge is 0.248 e. The van der Waals surface area contributed by atoms with Gasteiger partial charge in [-0.15, -0.1) is 23.1 Å². The highest BCUT2D eigenvalue weighted by molar-refractivity contribution is 8.01. The molecule has 0 bridgehead atoms. The largest absolute Gasteiger partial charge is 0.322 e. The summed E-state index contributed by atoms with van der Waals surface area (Å²) in [6.45, 7) is 0. The second-order valence-electron chi connectivity index (χ2n) is 2.17. The van der Waals surface area contributed by atoms with Crippen LogP contribution in [0.5, 0.6) is 0 Å². The highest BCUT2D eigenvalue weighted by Crippen LogP contribution is 2.23. The molecule has 0 radical (unpaired) electrons. The lowest BCUT2D eigenvalue weighted by atomic mass is 10.5. The van der Waals surface area contributed by atoms with Crippen molar-refractivity contribution < 1.29 is 4.79 Å². The van der Waals surface area contributed by atoms with E-state index in [1.807, 2.05) is 6.26 Å². The summed E-state index contributed by atoms with van der Waals surface area (Å²) in [5.74, 6) is -0.135. The molecule has 1 N–H and O–H groups in total. The Kier molecular flexibility index (Phi) is 4.35. The number of hydrogen-bond acceptors (Lipinski definition) is 3. The molecule has 0 aliphatic heterocycles. The molecule has 1 aromatic heterocycles. The quantitative estimate of drug-likeness (QED) is 0.813. The Hall–Kier alpha value is -0.450. The summed E-state index contributed by atoms with van der Waals surface area (Å²) < 4.78 is 0.671. The number of carbonyl (C=O) groups excluding carboxylic acids is 1. The van der Waals surface area contributed by atoms with Crippen LogP contribution in [-0.2, 0) is 4.79 Å². The Labute approximate surface area is 90.0 Å². The fourth-order valence-corrected chi connectivity index (χ4v) is 1.76. The second kappa shape index (κ2) is 5.32. The first-order valence-electron chi connectivity index (χ1n) is 3.46. The van der Waals surface area contributed by atoms with E-state index in [-0.39, 0.29) is 5.91 Å². The average molecular weight is 234 g/mol. The third kappa shape index (κ3) is 3.85. The highest BCUT2D eigenvalue weighted by atomic mass is 35.5. The molecule has 0 atom stereocenters. The van der Waals surface area contributed by atoms with Crippen LogP contribution in [0.25, 0.3) is 0 Å². The number of amides is 1. The van der Waals surface area contributed by atoms with Gasteiger partial charge in [0.15, 0.2) is 0 Å². The molecule has 0 spiro atoms. The van der Waals surface area contributed by atoms with Crippen molar-refractivity contribution in [1.29, 1.82) is 0 Å². The van der Waals surface area contributed by atoms with E-state index < -0.39 is 0 Å². The molecule has 0 aliphatic carbocycles. The van der Waals surface area contributed by atoms with E-state index in [2.05, 4.69) is 5.32 Å². The van der Waals surface area contributed by atoms with Crippen LogP contribution < -0.4 is 5.32 Å². The molecule has 1 rings (SSSR count). The number of rotatable bonds is 3. The van der Waals surface area contributed by atoms with Crippen molar-refractivity contribution in [3.63, 3.8) is 0 Å². The van der Waals surface area contributed by atoms with Gasteiger partial charge in [0.25, 0.3) is 0 Å². The van der Waals surface area contributed by atoms with Crippen LogP contribution in [0.15, 0.2) is 22.9 Å². The standard InChI is InChI=1S/C8H8ClNOS2/c1-12-3-2-8(11)10-6-4-7(9)13-5-6/h2-5H,1H3,(H,10,11)/b3-2+. The number of hydrogen-bond donors (Lipinski definition) is 1. The number of carbonyl (C=O) groups is 1. The lowest BCUT2D eigenvalue weighted by Gasteiger charge is -1.95. The van der Waals surface area contributed by atoms with E-state index in [4.69, 9.17) is 11.6 Å². The van der Waals surface area contributed by atoms with Gasteiger partial charge < -0.3 is 5.32 Å². The van der Waals surface area contributed by atoms with Gasteiger partial charge in [0.2, 0.25) is 5.91 Å². The zero-order chi connectivity index (χ0) is 9.68. The molecule has 1 heterocycles. The van der Waals surface area contributed by atoms with E-state index >= 15 is 0 Å². The maximum Gasteiger partial charge on any atom is 0.248 e. The Bertz CT molecular complexity index is 322. The van der Waals surface area contributed by atoms with Gasteiger partial charge in [-0.3, -0.25) is 4.79 Å². The molecule has 70 valence electrons. The molecule has 2 nitrogen and oxygen atoms in total. The zero-order valence-corrected chi connectivity index (χ0v) is 9.30. The minimum atomic E-state index is -0.135. The molecule has 13 heavy (non-hydrogen) atoms. The Morgan fingerprint density at radius 3 is 3.08 bits per heavy atom. The highest BCUT2D eigenvalue weighted by Gasteiger charge is 1.99. The van der Waals surface area contributed by atoms with E-state index in [1.54, 1.807) is 16.9 Å². The molecular weight excluding hydrogens is 226 g/mol. The minimum absolute atomic E-state index is 0.135. The monoisotopic (exact) mass is 233 g/mol. The number of thioether (sulfide) groups is 1. The van der Waals surface area contributed by atoms with Gasteiger partial charge in [-0.1, -0.05) is 11.6 Å². The van der Waals surface area contributed by atoms with Crippen molar-refractivity contribution in [2.24, 2.45) is 0 Å². The van der Waals surface area contributed by atoms with Crippen LogP contribution in [0, 0.1) is 0 Å². The predicted molar refractivity (Wildman–Crippen MR) is 60.6 cm³/mol. The van der Waals surface area contributed by atoms with Gasteiger partial charge in [0.1, 0.15) is 0 Å². The maximum atomic E-state index is 11.1. The summed E-state index contributed by atoms with van der Waals surface area (Å²) >= 11 is 8.57. The molecule has 0 aromatic carbocycles. The first-order chi connectivity index (χ1) is 6.22.